The van der Waals surface area contributed by atoms with Crippen LogP contribution in [0.1, 0.15) is 54.6 Å². The molecule has 8 nitrogen and oxygen atoms in total. The van der Waals surface area contributed by atoms with Crippen molar-refractivity contribution < 1.29 is 9.59 Å². The average Bonchev–Trinajstić information content (AvgIpc) is 3.12. The van der Waals surface area contributed by atoms with Gasteiger partial charge in [-0.2, -0.15) is 0 Å². The van der Waals surface area contributed by atoms with Crippen molar-refractivity contribution in [3.63, 3.8) is 0 Å². The van der Waals surface area contributed by atoms with Crippen LogP contribution in [0.5, 0.6) is 0 Å². The predicted molar refractivity (Wildman–Crippen MR) is 111 cm³/mol. The maximum absolute atomic E-state index is 13.0. The van der Waals surface area contributed by atoms with E-state index >= 15 is 0 Å². The third-order valence-electron chi connectivity index (χ3n) is 5.27. The van der Waals surface area contributed by atoms with E-state index in [0.717, 1.165) is 24.1 Å². The number of nitrogens with zero attached hydrogens (tertiary/aromatic N) is 4. The summed E-state index contributed by atoms with van der Waals surface area (Å²) in [7, 11) is 0. The van der Waals surface area contributed by atoms with E-state index in [0.29, 0.717) is 37.9 Å². The van der Waals surface area contributed by atoms with Gasteiger partial charge >= 0.3 is 0 Å². The van der Waals surface area contributed by atoms with Gasteiger partial charge in [0.25, 0.3) is 5.91 Å². The summed E-state index contributed by atoms with van der Waals surface area (Å²) >= 11 is 0. The summed E-state index contributed by atoms with van der Waals surface area (Å²) in [6.45, 7) is 7.94. The van der Waals surface area contributed by atoms with E-state index < -0.39 is 0 Å². The molecule has 3 rings (SSSR count). The molecule has 1 atom stereocenters. The highest BCUT2D eigenvalue weighted by Crippen LogP contribution is 2.24. The number of aryl methyl sites for hydroxylation is 1. The molecule has 2 amide bonds. The standard InChI is InChI=1S/C21H30N6O2/c1-14(2)17-8-4-5-9-18(17)27-15(3)24-19(25-27)21(29)26-12-6-7-16(13-26)20(28)23-11-10-22/h4-5,8-9,14,16H,6-7,10-13,22H2,1-3H3,(H,23,28). The van der Waals surface area contributed by atoms with Crippen LogP contribution in [0.2, 0.25) is 0 Å². The second kappa shape index (κ2) is 9.17. The fourth-order valence-electron chi connectivity index (χ4n) is 3.73. The van der Waals surface area contributed by atoms with Crippen LogP contribution < -0.4 is 11.1 Å². The number of hydrogen-bond acceptors (Lipinski definition) is 5. The summed E-state index contributed by atoms with van der Waals surface area (Å²) in [6.07, 6.45) is 1.55. The molecule has 1 saturated heterocycles. The Bertz CT molecular complexity index is 876. The molecule has 156 valence electrons. The number of rotatable bonds is 6. The number of hydrogen-bond donors (Lipinski definition) is 2. The van der Waals surface area contributed by atoms with Crippen molar-refractivity contribution in [2.45, 2.75) is 39.5 Å². The van der Waals surface area contributed by atoms with Crippen molar-refractivity contribution in [3.8, 4) is 5.69 Å². The van der Waals surface area contributed by atoms with Gasteiger partial charge in [-0.25, -0.2) is 9.67 Å². The van der Waals surface area contributed by atoms with Crippen LogP contribution in [0.15, 0.2) is 24.3 Å². The maximum atomic E-state index is 13.0. The number of benzene rings is 1. The van der Waals surface area contributed by atoms with Gasteiger partial charge in [-0.1, -0.05) is 32.0 Å². The van der Waals surface area contributed by atoms with Crippen molar-refractivity contribution >= 4 is 11.8 Å². The van der Waals surface area contributed by atoms with Gasteiger partial charge in [-0.15, -0.1) is 5.10 Å². The molecule has 1 aliphatic heterocycles. The molecule has 3 N–H and O–H groups in total. The van der Waals surface area contributed by atoms with Crippen LogP contribution in [0.25, 0.3) is 5.69 Å². The summed E-state index contributed by atoms with van der Waals surface area (Å²) in [5.41, 5.74) is 7.54. The first-order valence-corrected chi connectivity index (χ1v) is 10.2. The van der Waals surface area contributed by atoms with Crippen LogP contribution in [-0.4, -0.2) is 57.7 Å². The number of nitrogens with one attached hydrogen (secondary N) is 1. The van der Waals surface area contributed by atoms with Crippen LogP contribution >= 0.6 is 0 Å². The molecule has 1 aromatic carbocycles. The minimum absolute atomic E-state index is 0.0477. The largest absolute Gasteiger partial charge is 0.355 e. The number of carbonyl (C=O) groups excluding carboxylic acids is 2. The fourth-order valence-corrected chi connectivity index (χ4v) is 3.73. The molecule has 29 heavy (non-hydrogen) atoms. The molecule has 0 spiro atoms. The van der Waals surface area contributed by atoms with Gasteiger partial charge in [0.2, 0.25) is 11.7 Å². The third kappa shape index (κ3) is 4.64. The number of nitrogens with two attached hydrogens (primary N) is 1. The van der Waals surface area contributed by atoms with E-state index in [2.05, 4.69) is 35.3 Å². The Morgan fingerprint density at radius 2 is 2.07 bits per heavy atom. The topological polar surface area (TPSA) is 106 Å². The molecular formula is C21H30N6O2. The molecule has 0 saturated carbocycles. The first-order chi connectivity index (χ1) is 13.9. The number of para-hydroxylation sites is 1. The summed E-state index contributed by atoms with van der Waals surface area (Å²) in [5.74, 6) is 0.659. The number of likely N-dealkylation sites (tertiary alicyclic amines) is 1. The lowest BCUT2D eigenvalue weighted by Crippen LogP contribution is -2.46. The monoisotopic (exact) mass is 398 g/mol. The zero-order valence-corrected chi connectivity index (χ0v) is 17.4. The van der Waals surface area contributed by atoms with E-state index in [-0.39, 0.29) is 23.6 Å². The summed E-state index contributed by atoms with van der Waals surface area (Å²) < 4.78 is 1.73. The minimum Gasteiger partial charge on any atom is -0.355 e. The van der Waals surface area contributed by atoms with E-state index in [1.54, 1.807) is 9.58 Å². The predicted octanol–water partition coefficient (Wildman–Crippen LogP) is 1.63. The molecule has 1 fully saturated rings. The molecule has 8 heteroatoms. The Hall–Kier alpha value is -2.74. The molecule has 0 radical (unpaired) electrons. The molecule has 1 aromatic heterocycles. The van der Waals surface area contributed by atoms with Crippen molar-refractivity contribution in [2.75, 3.05) is 26.2 Å². The van der Waals surface area contributed by atoms with Crippen molar-refractivity contribution in [3.05, 3.63) is 41.5 Å². The first-order valence-electron chi connectivity index (χ1n) is 10.2. The number of piperidine rings is 1. The van der Waals surface area contributed by atoms with Gasteiger partial charge in [0.05, 0.1) is 11.6 Å². The summed E-state index contributed by atoms with van der Waals surface area (Å²) in [6, 6.07) is 8.02. The number of aromatic nitrogens is 3. The van der Waals surface area contributed by atoms with E-state index in [9.17, 15) is 9.59 Å². The molecule has 2 aromatic rings. The molecular weight excluding hydrogens is 368 g/mol. The third-order valence-corrected chi connectivity index (χ3v) is 5.27. The van der Waals surface area contributed by atoms with E-state index in [1.807, 2.05) is 25.1 Å². The van der Waals surface area contributed by atoms with Gasteiger partial charge in [0.15, 0.2) is 0 Å². The molecule has 1 unspecified atom stereocenters. The zero-order chi connectivity index (χ0) is 21.0. The lowest BCUT2D eigenvalue weighted by atomic mass is 9.97. The maximum Gasteiger partial charge on any atom is 0.293 e. The molecule has 2 heterocycles. The Morgan fingerprint density at radius 3 is 2.79 bits per heavy atom. The Labute approximate surface area is 171 Å². The SMILES string of the molecule is Cc1nc(C(=O)N2CCCC(C(=O)NCCN)C2)nn1-c1ccccc1C(C)C. The van der Waals surface area contributed by atoms with Crippen LogP contribution in [0.3, 0.4) is 0 Å². The van der Waals surface area contributed by atoms with E-state index in [4.69, 9.17) is 5.73 Å². The smallest absolute Gasteiger partial charge is 0.293 e. The zero-order valence-electron chi connectivity index (χ0n) is 17.4. The van der Waals surface area contributed by atoms with Crippen molar-refractivity contribution in [2.24, 2.45) is 11.7 Å². The van der Waals surface area contributed by atoms with Crippen LogP contribution in [0.4, 0.5) is 0 Å². The second-order valence-electron chi connectivity index (χ2n) is 7.78. The highest BCUT2D eigenvalue weighted by molar-refractivity contribution is 5.91. The Morgan fingerprint density at radius 1 is 1.31 bits per heavy atom. The lowest BCUT2D eigenvalue weighted by Gasteiger charge is -2.31. The molecule has 0 aliphatic carbocycles. The van der Waals surface area contributed by atoms with E-state index in [1.165, 1.54) is 0 Å². The van der Waals surface area contributed by atoms with Crippen molar-refractivity contribution in [1.82, 2.24) is 25.0 Å². The highest BCUT2D eigenvalue weighted by atomic mass is 16.2. The lowest BCUT2D eigenvalue weighted by molar-refractivity contribution is -0.126. The Balaban J connectivity index is 1.79. The Kier molecular flexibility index (Phi) is 6.64. The van der Waals surface area contributed by atoms with Gasteiger partial charge in [0.1, 0.15) is 5.82 Å². The van der Waals surface area contributed by atoms with Gasteiger partial charge in [-0.3, -0.25) is 9.59 Å². The van der Waals surface area contributed by atoms with Crippen molar-refractivity contribution in [1.29, 1.82) is 0 Å². The number of amides is 2. The van der Waals surface area contributed by atoms with Crippen LogP contribution in [0, 0.1) is 12.8 Å². The minimum atomic E-state index is -0.231. The quantitative estimate of drug-likeness (QED) is 0.769. The summed E-state index contributed by atoms with van der Waals surface area (Å²) in [5, 5.41) is 7.33. The first kappa shape index (κ1) is 21.0. The number of carbonyl (C=O) groups is 2. The second-order valence-corrected chi connectivity index (χ2v) is 7.78. The summed E-state index contributed by atoms with van der Waals surface area (Å²) in [4.78, 5) is 31.4. The molecule has 1 aliphatic rings. The van der Waals surface area contributed by atoms with Gasteiger partial charge < -0.3 is 16.0 Å². The molecule has 0 bridgehead atoms. The fraction of sp³-hybridized carbons (Fsp3) is 0.524. The van der Waals surface area contributed by atoms with Gasteiger partial charge in [0, 0.05) is 26.2 Å². The normalized spacial score (nSPS) is 16.9. The highest BCUT2D eigenvalue weighted by Gasteiger charge is 2.30. The average molecular weight is 399 g/mol. The van der Waals surface area contributed by atoms with Crippen LogP contribution in [-0.2, 0) is 4.79 Å². The van der Waals surface area contributed by atoms with Gasteiger partial charge in [-0.05, 0) is 37.3 Å².